The lowest BCUT2D eigenvalue weighted by Crippen LogP contribution is -2.41. The first-order chi connectivity index (χ1) is 13.5. The molecule has 1 fully saturated rings. The van der Waals surface area contributed by atoms with E-state index in [0.29, 0.717) is 43.0 Å². The molecule has 2 aromatic rings. The lowest BCUT2D eigenvalue weighted by Gasteiger charge is -2.32. The molecule has 0 aromatic heterocycles. The average Bonchev–Trinajstić information content (AvgIpc) is 2.99. The first-order valence-corrected chi connectivity index (χ1v) is 10.6. The van der Waals surface area contributed by atoms with Crippen LogP contribution in [0.4, 0.5) is 5.69 Å². The van der Waals surface area contributed by atoms with Gasteiger partial charge in [-0.05, 0) is 42.7 Å². The van der Waals surface area contributed by atoms with Crippen LogP contribution in [0.1, 0.15) is 24.0 Å². The molecule has 2 heterocycles. The van der Waals surface area contributed by atoms with E-state index >= 15 is 0 Å². The fourth-order valence-corrected chi connectivity index (χ4v) is 4.89. The number of sulfonamides is 1. The van der Waals surface area contributed by atoms with Crippen molar-refractivity contribution in [2.24, 2.45) is 10.3 Å². The highest BCUT2D eigenvalue weighted by atomic mass is 32.2. The fourth-order valence-electron chi connectivity index (χ4n) is 3.66. The third kappa shape index (κ3) is 3.53. The number of benzene rings is 2. The summed E-state index contributed by atoms with van der Waals surface area (Å²) in [6.07, 6.45) is 1.24. The van der Waals surface area contributed by atoms with Crippen molar-refractivity contribution in [2.75, 3.05) is 18.4 Å². The van der Waals surface area contributed by atoms with Gasteiger partial charge in [0, 0.05) is 30.3 Å². The van der Waals surface area contributed by atoms with Gasteiger partial charge in [0.25, 0.3) is 10.0 Å². The fraction of sp³-hybridized carbons (Fsp3) is 0.300. The maximum absolute atomic E-state index is 12.6. The van der Waals surface area contributed by atoms with E-state index in [9.17, 15) is 18.3 Å². The Morgan fingerprint density at radius 3 is 2.64 bits per heavy atom. The smallest absolute Gasteiger partial charge is 0.285 e. The van der Waals surface area contributed by atoms with Gasteiger partial charge in [0.1, 0.15) is 4.90 Å². The van der Waals surface area contributed by atoms with Crippen LogP contribution in [0, 0.1) is 5.92 Å². The number of carbonyl (C=O) groups excluding carboxylic acids is 1. The lowest BCUT2D eigenvalue weighted by molar-refractivity contribution is -0.120. The van der Waals surface area contributed by atoms with Crippen LogP contribution in [-0.2, 0) is 21.4 Å². The monoisotopic (exact) mass is 399 g/mol. The number of hydrogen-bond donors (Lipinski definition) is 2. The van der Waals surface area contributed by atoms with Crippen LogP contribution < -0.4 is 5.32 Å². The number of rotatable bonds is 3. The molecule has 0 atom stereocenters. The maximum atomic E-state index is 12.6. The molecular formula is C20H21N3O4S. The van der Waals surface area contributed by atoms with Crippen LogP contribution in [0.15, 0.2) is 57.8 Å². The first kappa shape index (κ1) is 18.6. The standard InChI is InChI=1S/C20H21N3O4S/c24-13-14-4-3-5-16(12-14)21-20(25)15-8-10-23(11-9-15)19-17-6-1-2-7-18(17)28(26,27)22-19/h1-7,12,15,24H,8-11,13H2,(H,21,25). The minimum Gasteiger partial charge on any atom is -0.392 e. The number of carbonyl (C=O) groups is 1. The second-order valence-electron chi connectivity index (χ2n) is 7.00. The number of nitrogens with zero attached hydrogens (tertiary/aromatic N) is 2. The van der Waals surface area contributed by atoms with Crippen LogP contribution in [0.2, 0.25) is 0 Å². The minimum absolute atomic E-state index is 0.0591. The lowest BCUT2D eigenvalue weighted by atomic mass is 9.95. The molecule has 0 saturated carbocycles. The highest BCUT2D eigenvalue weighted by molar-refractivity contribution is 7.90. The third-order valence-electron chi connectivity index (χ3n) is 5.15. The van der Waals surface area contributed by atoms with Gasteiger partial charge in [0.05, 0.1) is 6.61 Å². The van der Waals surface area contributed by atoms with Gasteiger partial charge >= 0.3 is 0 Å². The predicted molar refractivity (Wildman–Crippen MR) is 105 cm³/mol. The Labute approximate surface area is 163 Å². The Kier molecular flexibility index (Phi) is 4.91. The number of likely N-dealkylation sites (tertiary alicyclic amines) is 1. The summed E-state index contributed by atoms with van der Waals surface area (Å²) in [5, 5.41) is 12.1. The van der Waals surface area contributed by atoms with Gasteiger partial charge in [0.2, 0.25) is 5.91 Å². The molecule has 2 aliphatic rings. The van der Waals surface area contributed by atoms with Gasteiger partial charge in [-0.1, -0.05) is 24.3 Å². The van der Waals surface area contributed by atoms with Crippen molar-refractivity contribution in [3.63, 3.8) is 0 Å². The molecule has 0 unspecified atom stereocenters. The molecule has 0 aliphatic carbocycles. The number of amidine groups is 1. The molecule has 28 heavy (non-hydrogen) atoms. The van der Waals surface area contributed by atoms with E-state index in [2.05, 4.69) is 9.71 Å². The number of anilines is 1. The molecule has 7 nitrogen and oxygen atoms in total. The topological polar surface area (TPSA) is 99.1 Å². The average molecular weight is 399 g/mol. The van der Waals surface area contributed by atoms with Crippen molar-refractivity contribution in [1.82, 2.24) is 4.90 Å². The highest BCUT2D eigenvalue weighted by Gasteiger charge is 2.34. The summed E-state index contributed by atoms with van der Waals surface area (Å²) >= 11 is 0. The van der Waals surface area contributed by atoms with Crippen LogP contribution in [-0.4, -0.2) is 43.3 Å². The van der Waals surface area contributed by atoms with Crippen molar-refractivity contribution in [3.8, 4) is 0 Å². The molecule has 2 N–H and O–H groups in total. The number of nitrogens with one attached hydrogen (secondary N) is 1. The SMILES string of the molecule is O=C(Nc1cccc(CO)c1)C1CCN(C2=NS(=O)(=O)c3ccccc32)CC1. The van der Waals surface area contributed by atoms with Crippen molar-refractivity contribution < 1.29 is 18.3 Å². The Hall–Kier alpha value is -2.71. The first-order valence-electron chi connectivity index (χ1n) is 9.18. The van der Waals surface area contributed by atoms with E-state index in [4.69, 9.17) is 0 Å². The zero-order chi connectivity index (χ0) is 19.7. The summed E-state index contributed by atoms with van der Waals surface area (Å²) in [5.41, 5.74) is 2.04. The molecule has 2 aliphatic heterocycles. The third-order valence-corrected chi connectivity index (χ3v) is 6.48. The van der Waals surface area contributed by atoms with E-state index in [1.54, 1.807) is 48.5 Å². The minimum atomic E-state index is -3.63. The van der Waals surface area contributed by atoms with Gasteiger partial charge in [0.15, 0.2) is 5.84 Å². The second kappa shape index (κ2) is 7.37. The summed E-state index contributed by atoms with van der Waals surface area (Å²) in [6.45, 7) is 1.06. The van der Waals surface area contributed by atoms with E-state index in [1.807, 2.05) is 4.90 Å². The van der Waals surface area contributed by atoms with Gasteiger partial charge in [-0.2, -0.15) is 8.42 Å². The zero-order valence-electron chi connectivity index (χ0n) is 15.2. The summed E-state index contributed by atoms with van der Waals surface area (Å²) in [7, 11) is -3.63. The molecule has 0 bridgehead atoms. The molecule has 4 rings (SSSR count). The molecule has 0 spiro atoms. The van der Waals surface area contributed by atoms with E-state index in [0.717, 1.165) is 5.56 Å². The normalized spacial score (nSPS) is 18.5. The van der Waals surface area contributed by atoms with E-state index in [1.165, 1.54) is 0 Å². The molecule has 146 valence electrons. The van der Waals surface area contributed by atoms with Crippen LogP contribution >= 0.6 is 0 Å². The quantitative estimate of drug-likeness (QED) is 0.822. The molecule has 0 radical (unpaired) electrons. The Balaban J connectivity index is 1.42. The molecule has 1 amide bonds. The van der Waals surface area contributed by atoms with Crippen LogP contribution in [0.5, 0.6) is 0 Å². The van der Waals surface area contributed by atoms with Crippen molar-refractivity contribution >= 4 is 27.5 Å². The van der Waals surface area contributed by atoms with Crippen molar-refractivity contribution in [3.05, 3.63) is 59.7 Å². The molecule has 2 aromatic carbocycles. The van der Waals surface area contributed by atoms with Gasteiger partial charge in [-0.15, -0.1) is 4.40 Å². The summed E-state index contributed by atoms with van der Waals surface area (Å²) in [4.78, 5) is 14.8. The summed E-state index contributed by atoms with van der Waals surface area (Å²) in [6, 6.07) is 14.0. The number of amides is 1. The number of piperidine rings is 1. The number of aliphatic hydroxyl groups is 1. The maximum Gasteiger partial charge on any atom is 0.285 e. The Morgan fingerprint density at radius 1 is 1.14 bits per heavy atom. The van der Waals surface area contributed by atoms with E-state index < -0.39 is 10.0 Å². The highest BCUT2D eigenvalue weighted by Crippen LogP contribution is 2.30. The molecular weight excluding hydrogens is 378 g/mol. The Bertz CT molecular complexity index is 1040. The van der Waals surface area contributed by atoms with Crippen LogP contribution in [0.3, 0.4) is 0 Å². The second-order valence-corrected chi connectivity index (χ2v) is 8.57. The van der Waals surface area contributed by atoms with Crippen molar-refractivity contribution in [1.29, 1.82) is 0 Å². The largest absolute Gasteiger partial charge is 0.392 e. The van der Waals surface area contributed by atoms with Gasteiger partial charge < -0.3 is 15.3 Å². The summed E-state index contributed by atoms with van der Waals surface area (Å²) < 4.78 is 28.4. The molecule has 8 heteroatoms. The number of aliphatic hydroxyl groups excluding tert-OH is 1. The number of hydrogen-bond acceptors (Lipinski definition) is 5. The van der Waals surface area contributed by atoms with Crippen molar-refractivity contribution in [2.45, 2.75) is 24.3 Å². The van der Waals surface area contributed by atoms with Gasteiger partial charge in [-0.3, -0.25) is 4.79 Å². The zero-order valence-corrected chi connectivity index (χ0v) is 16.0. The molecule has 1 saturated heterocycles. The van der Waals surface area contributed by atoms with Crippen LogP contribution in [0.25, 0.3) is 0 Å². The number of fused-ring (bicyclic) bond motifs is 1. The van der Waals surface area contributed by atoms with Gasteiger partial charge in [-0.25, -0.2) is 0 Å². The summed E-state index contributed by atoms with van der Waals surface area (Å²) in [5.74, 6) is 0.268. The van der Waals surface area contributed by atoms with E-state index in [-0.39, 0.29) is 23.3 Å². The predicted octanol–water partition coefficient (Wildman–Crippen LogP) is 1.98. The Morgan fingerprint density at radius 2 is 1.89 bits per heavy atom.